The monoisotopic (exact) mass is 551 g/mol. The molecule has 11 heteroatoms. The molecular weight excluding hydrogens is 517 g/mol. The molecule has 200 valence electrons. The van der Waals surface area contributed by atoms with E-state index >= 15 is 0 Å². The Kier molecular flexibility index (Phi) is 9.67. The number of nitrogens with zero attached hydrogens (tertiary/aromatic N) is 1. The minimum atomic E-state index is -4.03. The summed E-state index contributed by atoms with van der Waals surface area (Å²) in [6.45, 7) is 3.72. The number of urea groups is 1. The predicted octanol–water partition coefficient (Wildman–Crippen LogP) is 2.87. The van der Waals surface area contributed by atoms with Gasteiger partial charge in [-0.1, -0.05) is 37.5 Å². The number of benzene rings is 2. The molecule has 0 unspecified atom stereocenters. The van der Waals surface area contributed by atoms with Crippen molar-refractivity contribution in [3.05, 3.63) is 59.2 Å². The van der Waals surface area contributed by atoms with Gasteiger partial charge in [-0.3, -0.25) is 14.5 Å². The first-order valence-electron chi connectivity index (χ1n) is 12.5. The van der Waals surface area contributed by atoms with E-state index in [1.807, 2.05) is 0 Å². The summed E-state index contributed by atoms with van der Waals surface area (Å²) in [7, 11) is -2.51. The van der Waals surface area contributed by atoms with Crippen molar-refractivity contribution in [1.29, 1.82) is 0 Å². The molecule has 2 N–H and O–H groups in total. The quantitative estimate of drug-likeness (QED) is 0.403. The van der Waals surface area contributed by atoms with Crippen LogP contribution >= 0.6 is 0 Å². The van der Waals surface area contributed by atoms with Crippen molar-refractivity contribution in [2.24, 2.45) is 0 Å². The van der Waals surface area contributed by atoms with E-state index in [9.17, 15) is 22.8 Å². The molecule has 2 aliphatic rings. The van der Waals surface area contributed by atoms with Crippen molar-refractivity contribution in [1.82, 2.24) is 14.9 Å². The Bertz CT molecular complexity index is 1300. The molecule has 1 aliphatic carbocycles. The molecule has 0 radical (unpaired) electrons. The molecule has 0 atom stereocenters. The van der Waals surface area contributed by atoms with Gasteiger partial charge in [-0.2, -0.15) is 0 Å². The summed E-state index contributed by atoms with van der Waals surface area (Å²) in [5.74, 6) is -0.136. The first-order chi connectivity index (χ1) is 17.5. The Labute approximate surface area is 246 Å². The van der Waals surface area contributed by atoms with Crippen LogP contribution in [0, 0.1) is 0 Å². The van der Waals surface area contributed by atoms with Gasteiger partial charge >= 0.3 is 35.6 Å². The van der Waals surface area contributed by atoms with Gasteiger partial charge in [-0.05, 0) is 68.5 Å². The number of carbonyl (C=O) groups is 3. The average molecular weight is 552 g/mol. The number of methoxy groups -OCH3 is 1. The van der Waals surface area contributed by atoms with E-state index in [0.29, 0.717) is 23.3 Å². The molecule has 2 aromatic carbocycles. The molecule has 0 aromatic heterocycles. The first-order valence-corrected chi connectivity index (χ1v) is 14.0. The van der Waals surface area contributed by atoms with Crippen molar-refractivity contribution < 1.29 is 27.5 Å². The van der Waals surface area contributed by atoms with E-state index in [4.69, 9.17) is 4.74 Å². The third-order valence-corrected chi connectivity index (χ3v) is 8.53. The molecule has 0 spiro atoms. The van der Waals surface area contributed by atoms with Crippen molar-refractivity contribution in [2.75, 3.05) is 13.7 Å². The van der Waals surface area contributed by atoms with Crippen LogP contribution in [0.5, 0.6) is 5.75 Å². The molecule has 4 rings (SSSR count). The molecule has 2 aromatic rings. The number of carbonyl (C=O) groups excluding carboxylic acids is 3. The number of rotatable bonds is 7. The summed E-state index contributed by atoms with van der Waals surface area (Å²) < 4.78 is 32.6. The van der Waals surface area contributed by atoms with Gasteiger partial charge in [0.25, 0.3) is 15.9 Å². The van der Waals surface area contributed by atoms with Crippen molar-refractivity contribution >= 4 is 57.4 Å². The minimum absolute atomic E-state index is 0. The first kappa shape index (κ1) is 30.1. The van der Waals surface area contributed by atoms with Gasteiger partial charge < -0.3 is 10.1 Å². The van der Waals surface area contributed by atoms with Gasteiger partial charge in [0.2, 0.25) is 5.91 Å². The SMILES string of the molecule is COc1ccc2c(c1)C(=O)N(CCc1ccc(S(=O)(=O)NC(=O)NC3CCCCC3)cc1)C(=O)C2(C)C.[NaH]. The maximum absolute atomic E-state index is 13.2. The molecule has 0 bridgehead atoms. The molecule has 9 nitrogen and oxygen atoms in total. The van der Waals surface area contributed by atoms with Crippen molar-refractivity contribution in [2.45, 2.75) is 68.7 Å². The van der Waals surface area contributed by atoms with Crippen LogP contribution in [0.1, 0.15) is 67.4 Å². The van der Waals surface area contributed by atoms with Crippen LogP contribution in [0.15, 0.2) is 47.4 Å². The van der Waals surface area contributed by atoms with Crippen LogP contribution < -0.4 is 14.8 Å². The second kappa shape index (κ2) is 12.2. The average Bonchev–Trinajstić information content (AvgIpc) is 2.88. The zero-order valence-corrected chi connectivity index (χ0v) is 22.2. The summed E-state index contributed by atoms with van der Waals surface area (Å²) in [4.78, 5) is 39.7. The Hall–Kier alpha value is -2.40. The molecule has 1 heterocycles. The number of imide groups is 1. The summed E-state index contributed by atoms with van der Waals surface area (Å²) >= 11 is 0. The summed E-state index contributed by atoms with van der Waals surface area (Å²) in [6, 6.07) is 10.5. The number of ether oxygens (including phenoxy) is 1. The van der Waals surface area contributed by atoms with E-state index in [1.165, 1.54) is 24.1 Å². The molecule has 1 saturated carbocycles. The Morgan fingerprint density at radius 3 is 2.34 bits per heavy atom. The van der Waals surface area contributed by atoms with E-state index < -0.39 is 21.5 Å². The van der Waals surface area contributed by atoms with Crippen LogP contribution in [0.3, 0.4) is 0 Å². The van der Waals surface area contributed by atoms with Gasteiger partial charge in [0.15, 0.2) is 0 Å². The van der Waals surface area contributed by atoms with Crippen LogP contribution in [-0.2, 0) is 26.7 Å². The fourth-order valence-corrected chi connectivity index (χ4v) is 5.90. The van der Waals surface area contributed by atoms with Crippen LogP contribution in [0.4, 0.5) is 4.79 Å². The van der Waals surface area contributed by atoms with Crippen LogP contribution in [0.2, 0.25) is 0 Å². The van der Waals surface area contributed by atoms with Crippen molar-refractivity contribution in [3.8, 4) is 5.75 Å². The Balaban J connectivity index is 0.00000400. The van der Waals surface area contributed by atoms with Gasteiger partial charge in [-0.25, -0.2) is 17.9 Å². The van der Waals surface area contributed by atoms with Gasteiger partial charge in [-0.15, -0.1) is 0 Å². The fourth-order valence-electron chi connectivity index (χ4n) is 4.98. The number of hydrogen-bond acceptors (Lipinski definition) is 6. The number of nitrogens with one attached hydrogen (secondary N) is 2. The Morgan fingerprint density at radius 1 is 1.05 bits per heavy atom. The number of hydrogen-bond donors (Lipinski definition) is 2. The topological polar surface area (TPSA) is 122 Å². The second-order valence-corrected chi connectivity index (χ2v) is 11.8. The van der Waals surface area contributed by atoms with Crippen LogP contribution in [-0.4, -0.2) is 80.4 Å². The number of amides is 4. The number of fused-ring (bicyclic) bond motifs is 1. The normalized spacial score (nSPS) is 17.3. The summed E-state index contributed by atoms with van der Waals surface area (Å²) in [6.07, 6.45) is 5.21. The standard InChI is InChI=1S/C27H33N3O6S.Na.H/c1-27(2)23-14-11-20(36-3)17-22(23)24(31)30(25(27)32)16-15-18-9-12-21(13-10-18)37(34,35)29-26(33)28-19-7-5-4-6-8-19;;/h9-14,17,19H,4-8,15-16H2,1-3H3,(H2,28,29,33);;. The van der Waals surface area contributed by atoms with E-state index in [1.54, 1.807) is 44.2 Å². The Morgan fingerprint density at radius 2 is 1.71 bits per heavy atom. The van der Waals surface area contributed by atoms with Gasteiger partial charge in [0, 0.05) is 18.2 Å². The molecule has 4 amide bonds. The van der Waals surface area contributed by atoms with E-state index in [2.05, 4.69) is 10.0 Å². The summed E-state index contributed by atoms with van der Waals surface area (Å²) in [5, 5.41) is 2.74. The number of sulfonamides is 1. The van der Waals surface area contributed by atoms with Gasteiger partial charge in [0.1, 0.15) is 5.75 Å². The second-order valence-electron chi connectivity index (χ2n) is 10.1. The molecule has 1 fully saturated rings. The zero-order chi connectivity index (χ0) is 26.8. The zero-order valence-electron chi connectivity index (χ0n) is 21.4. The molecule has 38 heavy (non-hydrogen) atoms. The van der Waals surface area contributed by atoms with Crippen molar-refractivity contribution in [3.63, 3.8) is 0 Å². The third kappa shape index (κ3) is 6.42. The molecular formula is C27H34N3NaO6S. The fraction of sp³-hybridized carbons (Fsp3) is 0.444. The molecule has 1 aliphatic heterocycles. The van der Waals surface area contributed by atoms with E-state index in [-0.39, 0.29) is 58.9 Å². The summed E-state index contributed by atoms with van der Waals surface area (Å²) in [5.41, 5.74) is 0.967. The third-order valence-electron chi connectivity index (χ3n) is 7.18. The van der Waals surface area contributed by atoms with Gasteiger partial charge in [0.05, 0.1) is 17.4 Å². The van der Waals surface area contributed by atoms with E-state index in [0.717, 1.165) is 37.7 Å². The predicted molar refractivity (Wildman–Crippen MR) is 145 cm³/mol. The maximum atomic E-state index is 13.2. The molecule has 0 saturated heterocycles. The van der Waals surface area contributed by atoms with Crippen LogP contribution in [0.25, 0.3) is 0 Å².